The van der Waals surface area contributed by atoms with E-state index < -0.39 is 11.3 Å². The minimum absolute atomic E-state index is 0.121. The maximum absolute atomic E-state index is 12.8. The van der Waals surface area contributed by atoms with Gasteiger partial charge < -0.3 is 19.6 Å². The summed E-state index contributed by atoms with van der Waals surface area (Å²) in [5.41, 5.74) is 1.68. The van der Waals surface area contributed by atoms with Crippen molar-refractivity contribution in [3.8, 4) is 0 Å². The van der Waals surface area contributed by atoms with Gasteiger partial charge in [-0.1, -0.05) is 53.7 Å². The molecule has 8 heteroatoms. The van der Waals surface area contributed by atoms with E-state index in [-0.39, 0.29) is 17.6 Å². The molecule has 7 nitrogen and oxygen atoms in total. The molecule has 0 bridgehead atoms. The Labute approximate surface area is 189 Å². The van der Waals surface area contributed by atoms with Crippen LogP contribution in [0.5, 0.6) is 0 Å². The molecule has 0 spiro atoms. The van der Waals surface area contributed by atoms with E-state index in [0.29, 0.717) is 17.3 Å². The third-order valence-corrected chi connectivity index (χ3v) is 6.02. The molecular formula is C24H23N3O4S. The second-order valence-corrected chi connectivity index (χ2v) is 8.69. The first-order chi connectivity index (χ1) is 15.5. The predicted molar refractivity (Wildman–Crippen MR) is 124 cm³/mol. The third-order valence-electron chi connectivity index (χ3n) is 4.88. The monoisotopic (exact) mass is 449 g/mol. The molecule has 0 saturated carbocycles. The number of thioether (sulfide) groups is 1. The van der Waals surface area contributed by atoms with Gasteiger partial charge in [0.25, 0.3) is 0 Å². The summed E-state index contributed by atoms with van der Waals surface area (Å²) >= 11 is 1.24. The van der Waals surface area contributed by atoms with E-state index in [4.69, 9.17) is 8.94 Å². The molecule has 0 fully saturated rings. The SMILES string of the molecule is Cc1cc(NC(=O)[C@H](C)SCC(=O)N[C@@H](c2ccccc2)c2cc3ccccc3o2)no1. The Morgan fingerprint density at radius 2 is 1.81 bits per heavy atom. The molecule has 0 aliphatic heterocycles. The number of nitrogens with one attached hydrogen (secondary N) is 2. The van der Waals surface area contributed by atoms with Gasteiger partial charge in [0.15, 0.2) is 5.82 Å². The zero-order valence-corrected chi connectivity index (χ0v) is 18.5. The first-order valence-electron chi connectivity index (χ1n) is 10.2. The summed E-state index contributed by atoms with van der Waals surface area (Å²) in [6.07, 6.45) is 0. The quantitative estimate of drug-likeness (QED) is 0.405. The highest BCUT2D eigenvalue weighted by Crippen LogP contribution is 2.28. The number of rotatable bonds is 8. The summed E-state index contributed by atoms with van der Waals surface area (Å²) in [6.45, 7) is 3.49. The minimum atomic E-state index is -0.445. The average molecular weight is 450 g/mol. The van der Waals surface area contributed by atoms with E-state index in [1.807, 2.05) is 60.7 Å². The highest BCUT2D eigenvalue weighted by Gasteiger charge is 2.22. The van der Waals surface area contributed by atoms with Crippen molar-refractivity contribution in [1.82, 2.24) is 10.5 Å². The van der Waals surface area contributed by atoms with Crippen molar-refractivity contribution in [2.75, 3.05) is 11.1 Å². The zero-order valence-electron chi connectivity index (χ0n) is 17.7. The van der Waals surface area contributed by atoms with Crippen molar-refractivity contribution in [2.45, 2.75) is 25.1 Å². The maximum atomic E-state index is 12.8. The normalized spacial score (nSPS) is 12.9. The molecule has 32 heavy (non-hydrogen) atoms. The van der Waals surface area contributed by atoms with Gasteiger partial charge in [-0.05, 0) is 31.5 Å². The molecule has 0 radical (unpaired) electrons. The van der Waals surface area contributed by atoms with Gasteiger partial charge in [0.2, 0.25) is 11.8 Å². The number of hydrogen-bond donors (Lipinski definition) is 2. The molecule has 2 amide bonds. The molecule has 2 aromatic heterocycles. The lowest BCUT2D eigenvalue weighted by molar-refractivity contribution is -0.119. The summed E-state index contributed by atoms with van der Waals surface area (Å²) in [7, 11) is 0. The standard InChI is InChI=1S/C24H23N3O4S/c1-15-12-21(27-31-15)25-24(29)16(2)32-14-22(28)26-23(17-8-4-3-5-9-17)20-13-18-10-6-7-11-19(18)30-20/h3-13,16,23H,14H2,1-2H3,(H,26,28)(H,25,27,29)/t16-,23-/m0/s1. The molecule has 164 valence electrons. The van der Waals surface area contributed by atoms with Gasteiger partial charge in [-0.2, -0.15) is 0 Å². The van der Waals surface area contributed by atoms with Gasteiger partial charge in [0, 0.05) is 11.5 Å². The number of para-hydroxylation sites is 1. The number of furan rings is 1. The minimum Gasteiger partial charge on any atom is -0.459 e. The van der Waals surface area contributed by atoms with E-state index in [1.165, 1.54) is 11.8 Å². The highest BCUT2D eigenvalue weighted by molar-refractivity contribution is 8.01. The second-order valence-electron chi connectivity index (χ2n) is 7.36. The van der Waals surface area contributed by atoms with Crippen LogP contribution in [0.25, 0.3) is 11.0 Å². The first kappa shape index (κ1) is 21.7. The molecule has 0 aliphatic rings. The molecule has 0 aliphatic carbocycles. The molecule has 2 aromatic carbocycles. The predicted octanol–water partition coefficient (Wildman–Crippen LogP) is 4.70. The molecular weight excluding hydrogens is 426 g/mol. The molecule has 0 saturated heterocycles. The van der Waals surface area contributed by atoms with Gasteiger partial charge in [0.1, 0.15) is 23.1 Å². The molecule has 4 aromatic rings. The Morgan fingerprint density at radius 3 is 2.53 bits per heavy atom. The average Bonchev–Trinajstić information content (AvgIpc) is 3.42. The number of nitrogens with zero attached hydrogens (tertiary/aromatic N) is 1. The summed E-state index contributed by atoms with van der Waals surface area (Å²) in [5, 5.41) is 10.0. The van der Waals surface area contributed by atoms with E-state index in [0.717, 1.165) is 16.5 Å². The van der Waals surface area contributed by atoms with Crippen LogP contribution in [0.15, 0.2) is 75.7 Å². The molecule has 2 N–H and O–H groups in total. The van der Waals surface area contributed by atoms with Crippen LogP contribution in [0.3, 0.4) is 0 Å². The summed E-state index contributed by atoms with van der Waals surface area (Å²) in [6, 6.07) is 20.5. The van der Waals surface area contributed by atoms with Crippen LogP contribution in [0, 0.1) is 6.92 Å². The Balaban J connectivity index is 1.41. The van der Waals surface area contributed by atoms with Crippen molar-refractivity contribution in [3.63, 3.8) is 0 Å². The largest absolute Gasteiger partial charge is 0.459 e. The number of amides is 2. The fourth-order valence-electron chi connectivity index (χ4n) is 3.24. The summed E-state index contributed by atoms with van der Waals surface area (Å²) in [5.74, 6) is 1.31. The number of aryl methyl sites for hydroxylation is 1. The van der Waals surface area contributed by atoms with Crippen molar-refractivity contribution in [1.29, 1.82) is 0 Å². The number of aromatic nitrogens is 1. The van der Waals surface area contributed by atoms with E-state index in [2.05, 4.69) is 15.8 Å². The Kier molecular flexibility index (Phi) is 6.61. The number of hydrogen-bond acceptors (Lipinski definition) is 6. The lowest BCUT2D eigenvalue weighted by Gasteiger charge is -2.18. The van der Waals surface area contributed by atoms with E-state index >= 15 is 0 Å². The van der Waals surface area contributed by atoms with Crippen LogP contribution in [0.2, 0.25) is 0 Å². The van der Waals surface area contributed by atoms with Crippen LogP contribution < -0.4 is 10.6 Å². The van der Waals surface area contributed by atoms with Crippen molar-refractivity contribution in [3.05, 3.63) is 83.8 Å². The summed E-state index contributed by atoms with van der Waals surface area (Å²) < 4.78 is 11.0. The summed E-state index contributed by atoms with van der Waals surface area (Å²) in [4.78, 5) is 25.1. The third kappa shape index (κ3) is 5.20. The second kappa shape index (κ2) is 9.74. The fraction of sp³-hybridized carbons (Fsp3) is 0.208. The van der Waals surface area contributed by atoms with Crippen molar-refractivity contribution < 1.29 is 18.5 Å². The van der Waals surface area contributed by atoms with E-state index in [9.17, 15) is 9.59 Å². The number of carbonyl (C=O) groups is 2. The first-order valence-corrected chi connectivity index (χ1v) is 11.2. The van der Waals surface area contributed by atoms with Gasteiger partial charge in [0.05, 0.1) is 11.0 Å². The molecule has 0 unspecified atom stereocenters. The van der Waals surface area contributed by atoms with Gasteiger partial charge in [-0.15, -0.1) is 11.8 Å². The zero-order chi connectivity index (χ0) is 22.5. The van der Waals surface area contributed by atoms with Crippen LogP contribution in [0.1, 0.15) is 30.0 Å². The number of fused-ring (bicyclic) bond motifs is 1. The maximum Gasteiger partial charge on any atom is 0.238 e. The Morgan fingerprint density at radius 1 is 1.06 bits per heavy atom. The number of benzene rings is 2. The van der Waals surface area contributed by atoms with Crippen molar-refractivity contribution >= 4 is 40.4 Å². The topological polar surface area (TPSA) is 97.4 Å². The highest BCUT2D eigenvalue weighted by atomic mass is 32.2. The lowest BCUT2D eigenvalue weighted by Crippen LogP contribution is -2.32. The van der Waals surface area contributed by atoms with Crippen LogP contribution in [-0.4, -0.2) is 28.0 Å². The Hall–Kier alpha value is -3.52. The number of carbonyl (C=O) groups excluding carboxylic acids is 2. The molecule has 4 rings (SSSR count). The van der Waals surface area contributed by atoms with Gasteiger partial charge in [-0.25, -0.2) is 0 Å². The van der Waals surface area contributed by atoms with Crippen LogP contribution >= 0.6 is 11.8 Å². The van der Waals surface area contributed by atoms with Crippen molar-refractivity contribution in [2.24, 2.45) is 0 Å². The van der Waals surface area contributed by atoms with Crippen LogP contribution in [-0.2, 0) is 9.59 Å². The fourth-order valence-corrected chi connectivity index (χ4v) is 3.94. The van der Waals surface area contributed by atoms with Gasteiger partial charge in [-0.3, -0.25) is 9.59 Å². The Bertz CT molecular complexity index is 1190. The van der Waals surface area contributed by atoms with Gasteiger partial charge >= 0.3 is 0 Å². The smallest absolute Gasteiger partial charge is 0.238 e. The molecule has 2 heterocycles. The lowest BCUT2D eigenvalue weighted by atomic mass is 10.0. The number of anilines is 1. The van der Waals surface area contributed by atoms with E-state index in [1.54, 1.807) is 19.9 Å². The molecule has 2 atom stereocenters. The van der Waals surface area contributed by atoms with Crippen LogP contribution in [0.4, 0.5) is 5.82 Å².